The van der Waals surface area contributed by atoms with Crippen LogP contribution in [0.5, 0.6) is 5.75 Å². The first-order valence-electron chi connectivity index (χ1n) is 13.8. The van der Waals surface area contributed by atoms with E-state index in [2.05, 4.69) is 20.8 Å². The number of nitrogens with zero attached hydrogens (tertiary/aromatic N) is 2. The number of benzene rings is 3. The highest BCUT2D eigenvalue weighted by atomic mass is 16.5. The van der Waals surface area contributed by atoms with E-state index in [4.69, 9.17) is 4.74 Å². The van der Waals surface area contributed by atoms with Gasteiger partial charge in [0.05, 0.1) is 11.6 Å². The molecule has 3 aromatic rings. The Morgan fingerprint density at radius 2 is 1.65 bits per heavy atom. The third-order valence-corrected chi connectivity index (χ3v) is 7.32. The van der Waals surface area contributed by atoms with Gasteiger partial charge in [-0.15, -0.1) is 0 Å². The molecule has 1 N–H and O–H groups in total. The number of aliphatic hydroxyl groups is 1. The van der Waals surface area contributed by atoms with Crippen LogP contribution in [0.3, 0.4) is 0 Å². The van der Waals surface area contributed by atoms with Gasteiger partial charge in [-0.1, -0.05) is 75.4 Å². The first-order valence-corrected chi connectivity index (χ1v) is 13.8. The molecule has 0 bridgehead atoms. The average molecular weight is 541 g/mol. The zero-order valence-corrected chi connectivity index (χ0v) is 24.4. The first-order chi connectivity index (χ1) is 19.0. The smallest absolute Gasteiger partial charge is 0.295 e. The number of ketones is 1. The largest absolute Gasteiger partial charge is 0.507 e. The van der Waals surface area contributed by atoms with Crippen molar-refractivity contribution in [3.05, 3.63) is 106 Å². The fourth-order valence-electron chi connectivity index (χ4n) is 5.03. The van der Waals surface area contributed by atoms with Crippen LogP contribution in [0, 0.1) is 6.92 Å². The molecule has 1 heterocycles. The highest BCUT2D eigenvalue weighted by molar-refractivity contribution is 6.46. The monoisotopic (exact) mass is 540 g/mol. The van der Waals surface area contributed by atoms with E-state index in [1.807, 2.05) is 80.5 Å². The molecule has 1 saturated heterocycles. The number of aliphatic hydroxyl groups excluding tert-OH is 1. The maximum absolute atomic E-state index is 13.4. The molecular formula is C34H40N2O4. The number of carbonyl (C=O) groups is 2. The van der Waals surface area contributed by atoms with Crippen molar-refractivity contribution in [3.8, 4) is 5.75 Å². The molecule has 6 heteroatoms. The summed E-state index contributed by atoms with van der Waals surface area (Å²) in [5, 5.41) is 11.5. The summed E-state index contributed by atoms with van der Waals surface area (Å²) >= 11 is 0. The van der Waals surface area contributed by atoms with Crippen LogP contribution in [0.1, 0.15) is 61.1 Å². The van der Waals surface area contributed by atoms with Crippen LogP contribution in [0.4, 0.5) is 0 Å². The van der Waals surface area contributed by atoms with E-state index in [9.17, 15) is 14.7 Å². The molecule has 40 heavy (non-hydrogen) atoms. The lowest BCUT2D eigenvalue weighted by molar-refractivity contribution is -0.139. The Balaban J connectivity index is 1.70. The van der Waals surface area contributed by atoms with Gasteiger partial charge in [0.1, 0.15) is 18.1 Å². The van der Waals surface area contributed by atoms with Crippen molar-refractivity contribution in [2.75, 3.05) is 27.2 Å². The molecule has 1 aliphatic heterocycles. The van der Waals surface area contributed by atoms with Crippen LogP contribution in [-0.4, -0.2) is 53.8 Å². The van der Waals surface area contributed by atoms with Crippen molar-refractivity contribution >= 4 is 17.4 Å². The summed E-state index contributed by atoms with van der Waals surface area (Å²) in [5.41, 5.74) is 4.41. The Hall–Kier alpha value is -3.90. The molecule has 4 rings (SSSR count). The quantitative estimate of drug-likeness (QED) is 0.198. The summed E-state index contributed by atoms with van der Waals surface area (Å²) in [7, 11) is 3.96. The lowest BCUT2D eigenvalue weighted by atomic mass is 9.85. The third-order valence-electron chi connectivity index (χ3n) is 7.32. The molecule has 0 radical (unpaired) electrons. The van der Waals surface area contributed by atoms with Crippen molar-refractivity contribution in [2.45, 2.75) is 52.2 Å². The topological polar surface area (TPSA) is 70.1 Å². The van der Waals surface area contributed by atoms with Gasteiger partial charge in [-0.2, -0.15) is 0 Å². The predicted molar refractivity (Wildman–Crippen MR) is 159 cm³/mol. The second kappa shape index (κ2) is 12.1. The van der Waals surface area contributed by atoms with Gasteiger partial charge in [-0.05, 0) is 79.9 Å². The molecule has 1 fully saturated rings. The second-order valence-corrected chi connectivity index (χ2v) is 11.8. The summed E-state index contributed by atoms with van der Waals surface area (Å²) in [6.45, 7) is 9.95. The van der Waals surface area contributed by atoms with E-state index in [-0.39, 0.29) is 16.7 Å². The van der Waals surface area contributed by atoms with Crippen molar-refractivity contribution in [1.82, 2.24) is 9.80 Å². The molecule has 0 saturated carbocycles. The minimum absolute atomic E-state index is 0.0338. The number of rotatable bonds is 9. The van der Waals surface area contributed by atoms with Gasteiger partial charge >= 0.3 is 0 Å². The van der Waals surface area contributed by atoms with Crippen LogP contribution in [0.25, 0.3) is 5.76 Å². The number of aryl methyl sites for hydroxylation is 1. The van der Waals surface area contributed by atoms with Gasteiger partial charge in [0.25, 0.3) is 11.7 Å². The fourth-order valence-corrected chi connectivity index (χ4v) is 5.03. The highest BCUT2D eigenvalue weighted by Crippen LogP contribution is 2.40. The SMILES string of the molecule is Cc1cc(C(O)=C2C(=O)C(=O)N(CCCN(C)C)[C@H]2c2ccc(C(C)(C)C)cc2)ccc1OCc1ccccc1. The third kappa shape index (κ3) is 6.45. The Morgan fingerprint density at radius 3 is 2.25 bits per heavy atom. The second-order valence-electron chi connectivity index (χ2n) is 11.8. The molecule has 6 nitrogen and oxygen atoms in total. The molecule has 0 aromatic heterocycles. The molecule has 0 spiro atoms. The maximum Gasteiger partial charge on any atom is 0.295 e. The van der Waals surface area contributed by atoms with Crippen LogP contribution < -0.4 is 4.74 Å². The van der Waals surface area contributed by atoms with Crippen LogP contribution >= 0.6 is 0 Å². The molecule has 1 aliphatic rings. The van der Waals surface area contributed by atoms with E-state index in [0.717, 1.165) is 28.8 Å². The fraction of sp³-hybridized carbons (Fsp3) is 0.353. The number of amides is 1. The first kappa shape index (κ1) is 29.1. The van der Waals surface area contributed by atoms with Crippen LogP contribution in [0.15, 0.2) is 78.4 Å². The van der Waals surface area contributed by atoms with Crippen molar-refractivity contribution < 1.29 is 19.4 Å². The van der Waals surface area contributed by atoms with Gasteiger partial charge < -0.3 is 19.6 Å². The van der Waals surface area contributed by atoms with E-state index in [0.29, 0.717) is 30.9 Å². The molecular weight excluding hydrogens is 500 g/mol. The highest BCUT2D eigenvalue weighted by Gasteiger charge is 2.45. The lowest BCUT2D eigenvalue weighted by Crippen LogP contribution is -2.32. The molecule has 0 unspecified atom stereocenters. The minimum atomic E-state index is -0.662. The van der Waals surface area contributed by atoms with Crippen molar-refractivity contribution in [3.63, 3.8) is 0 Å². The minimum Gasteiger partial charge on any atom is -0.507 e. The van der Waals surface area contributed by atoms with Crippen molar-refractivity contribution in [1.29, 1.82) is 0 Å². The molecule has 3 aromatic carbocycles. The Labute approximate surface area is 237 Å². The van der Waals surface area contributed by atoms with Gasteiger partial charge in [-0.25, -0.2) is 0 Å². The molecule has 1 amide bonds. The number of hydrogen-bond acceptors (Lipinski definition) is 5. The van der Waals surface area contributed by atoms with Gasteiger partial charge in [-0.3, -0.25) is 9.59 Å². The normalized spacial score (nSPS) is 17.1. The maximum atomic E-state index is 13.4. The van der Waals surface area contributed by atoms with E-state index >= 15 is 0 Å². The predicted octanol–water partition coefficient (Wildman–Crippen LogP) is 6.24. The van der Waals surface area contributed by atoms with E-state index in [1.165, 1.54) is 0 Å². The average Bonchev–Trinajstić information content (AvgIpc) is 3.17. The number of likely N-dealkylation sites (tertiary alicyclic amines) is 1. The Bertz CT molecular complexity index is 1390. The summed E-state index contributed by atoms with van der Waals surface area (Å²) in [6, 6.07) is 22.6. The lowest BCUT2D eigenvalue weighted by Gasteiger charge is -2.27. The van der Waals surface area contributed by atoms with Crippen LogP contribution in [0.2, 0.25) is 0 Å². The van der Waals surface area contributed by atoms with E-state index in [1.54, 1.807) is 23.1 Å². The Kier molecular flexibility index (Phi) is 8.79. The van der Waals surface area contributed by atoms with E-state index < -0.39 is 17.7 Å². The van der Waals surface area contributed by atoms with Gasteiger partial charge in [0, 0.05) is 12.1 Å². The standard InChI is InChI=1S/C34H40N2O4/c1-23-21-26(15-18-28(23)40-22-24-11-8-7-9-12-24)31(37)29-30(25-13-16-27(17-14-25)34(2,3)4)36(33(39)32(29)38)20-10-19-35(5)6/h7-9,11-18,21,30,37H,10,19-20,22H2,1-6H3/t30-/m0/s1. The number of carbonyl (C=O) groups excluding carboxylic acids is 2. The van der Waals surface area contributed by atoms with Crippen LogP contribution in [-0.2, 0) is 21.6 Å². The summed E-state index contributed by atoms with van der Waals surface area (Å²) < 4.78 is 6.00. The summed E-state index contributed by atoms with van der Waals surface area (Å²) in [5.74, 6) is -0.714. The number of hydrogen-bond donors (Lipinski definition) is 1. The molecule has 1 atom stereocenters. The zero-order valence-electron chi connectivity index (χ0n) is 24.4. The van der Waals surface area contributed by atoms with Gasteiger partial charge in [0.2, 0.25) is 0 Å². The van der Waals surface area contributed by atoms with Gasteiger partial charge in [0.15, 0.2) is 0 Å². The number of ether oxygens (including phenoxy) is 1. The Morgan fingerprint density at radius 1 is 0.975 bits per heavy atom. The number of Topliss-reactive ketones (excluding diaryl/α,β-unsaturated/α-hetero) is 1. The van der Waals surface area contributed by atoms with Crippen molar-refractivity contribution in [2.24, 2.45) is 0 Å². The summed E-state index contributed by atoms with van der Waals surface area (Å²) in [6.07, 6.45) is 0.712. The molecule has 0 aliphatic carbocycles. The molecule has 210 valence electrons. The zero-order chi connectivity index (χ0) is 29.0. The summed E-state index contributed by atoms with van der Waals surface area (Å²) in [4.78, 5) is 30.3.